The number of amides is 1. The van der Waals surface area contributed by atoms with Gasteiger partial charge in [0.1, 0.15) is 13.2 Å². The van der Waals surface area contributed by atoms with E-state index in [0.29, 0.717) is 36.3 Å². The van der Waals surface area contributed by atoms with Crippen LogP contribution >= 0.6 is 0 Å². The molecule has 21 heavy (non-hydrogen) atoms. The lowest BCUT2D eigenvalue weighted by Crippen LogP contribution is -2.44. The van der Waals surface area contributed by atoms with Crippen LogP contribution in [0.15, 0.2) is 18.2 Å². The van der Waals surface area contributed by atoms with E-state index in [1.165, 1.54) is 12.8 Å². The number of hydrogen-bond acceptors (Lipinski definition) is 4. The Morgan fingerprint density at radius 3 is 3.00 bits per heavy atom. The summed E-state index contributed by atoms with van der Waals surface area (Å²) >= 11 is 0. The van der Waals surface area contributed by atoms with Crippen LogP contribution < -0.4 is 14.8 Å². The van der Waals surface area contributed by atoms with Gasteiger partial charge in [-0.3, -0.25) is 4.79 Å². The number of piperidine rings is 1. The van der Waals surface area contributed by atoms with Crippen molar-refractivity contribution < 1.29 is 14.3 Å². The second-order valence-electron chi connectivity index (χ2n) is 5.66. The quantitative estimate of drug-likeness (QED) is 0.920. The van der Waals surface area contributed by atoms with Crippen molar-refractivity contribution in [2.75, 3.05) is 33.4 Å². The standard InChI is InChI=1S/C16H22N2O3/c1-18(11-12-5-2-3-8-17-12)16(19)13-6-4-7-14-15(13)21-10-9-20-14/h4,6-7,12,17H,2-3,5,8-11H2,1H3/t12-/m1/s1. The lowest BCUT2D eigenvalue weighted by atomic mass is 10.0. The van der Waals surface area contributed by atoms with Crippen molar-refractivity contribution in [3.8, 4) is 11.5 Å². The Balaban J connectivity index is 1.72. The van der Waals surface area contributed by atoms with Gasteiger partial charge >= 0.3 is 0 Å². The fraction of sp³-hybridized carbons (Fsp3) is 0.562. The molecule has 0 bridgehead atoms. The van der Waals surface area contributed by atoms with E-state index in [4.69, 9.17) is 9.47 Å². The van der Waals surface area contributed by atoms with Gasteiger partial charge in [-0.05, 0) is 31.5 Å². The number of ether oxygens (including phenoxy) is 2. The van der Waals surface area contributed by atoms with Gasteiger partial charge in [0.15, 0.2) is 11.5 Å². The molecule has 0 aliphatic carbocycles. The molecular weight excluding hydrogens is 268 g/mol. The van der Waals surface area contributed by atoms with Crippen LogP contribution in [-0.2, 0) is 0 Å². The molecule has 0 saturated carbocycles. The van der Waals surface area contributed by atoms with E-state index in [1.807, 2.05) is 19.2 Å². The summed E-state index contributed by atoms with van der Waals surface area (Å²) in [7, 11) is 1.85. The first-order chi connectivity index (χ1) is 10.3. The lowest BCUT2D eigenvalue weighted by Gasteiger charge is -2.29. The van der Waals surface area contributed by atoms with E-state index in [0.717, 1.165) is 19.5 Å². The predicted molar refractivity (Wildman–Crippen MR) is 80.0 cm³/mol. The van der Waals surface area contributed by atoms with Crippen molar-refractivity contribution in [3.05, 3.63) is 23.8 Å². The molecule has 1 saturated heterocycles. The van der Waals surface area contributed by atoms with Crippen LogP contribution in [-0.4, -0.2) is 50.2 Å². The molecule has 5 nitrogen and oxygen atoms in total. The molecule has 1 fully saturated rings. The highest BCUT2D eigenvalue weighted by atomic mass is 16.6. The maximum atomic E-state index is 12.7. The summed E-state index contributed by atoms with van der Waals surface area (Å²) in [6.07, 6.45) is 3.59. The first-order valence-corrected chi connectivity index (χ1v) is 7.63. The van der Waals surface area contributed by atoms with Crippen LogP contribution in [0.2, 0.25) is 0 Å². The third-order valence-electron chi connectivity index (χ3n) is 4.05. The molecule has 0 radical (unpaired) electrons. The van der Waals surface area contributed by atoms with Crippen LogP contribution in [0.4, 0.5) is 0 Å². The number of carbonyl (C=O) groups excluding carboxylic acids is 1. The Labute approximate surface area is 125 Å². The minimum Gasteiger partial charge on any atom is -0.486 e. The van der Waals surface area contributed by atoms with E-state index >= 15 is 0 Å². The van der Waals surface area contributed by atoms with Gasteiger partial charge in [-0.15, -0.1) is 0 Å². The van der Waals surface area contributed by atoms with Crippen molar-refractivity contribution in [1.82, 2.24) is 10.2 Å². The van der Waals surface area contributed by atoms with Crippen molar-refractivity contribution in [3.63, 3.8) is 0 Å². The third kappa shape index (κ3) is 3.13. The van der Waals surface area contributed by atoms with E-state index in [-0.39, 0.29) is 5.91 Å². The average molecular weight is 290 g/mol. The van der Waals surface area contributed by atoms with Crippen LogP contribution in [0.3, 0.4) is 0 Å². The van der Waals surface area contributed by atoms with Crippen LogP contribution in [0.1, 0.15) is 29.6 Å². The Morgan fingerprint density at radius 1 is 1.33 bits per heavy atom. The number of hydrogen-bond donors (Lipinski definition) is 1. The van der Waals surface area contributed by atoms with Gasteiger partial charge in [0, 0.05) is 19.6 Å². The van der Waals surface area contributed by atoms with E-state index in [9.17, 15) is 4.79 Å². The van der Waals surface area contributed by atoms with Gasteiger partial charge in [-0.25, -0.2) is 0 Å². The maximum Gasteiger partial charge on any atom is 0.257 e. The average Bonchev–Trinajstić information content (AvgIpc) is 2.54. The molecule has 1 amide bonds. The van der Waals surface area contributed by atoms with Crippen LogP contribution in [0, 0.1) is 0 Å². The summed E-state index contributed by atoms with van der Waals surface area (Å²) in [6.45, 7) is 2.80. The number of nitrogens with zero attached hydrogens (tertiary/aromatic N) is 1. The summed E-state index contributed by atoms with van der Waals surface area (Å²) in [5.41, 5.74) is 0.588. The Morgan fingerprint density at radius 2 is 2.19 bits per heavy atom. The second-order valence-corrected chi connectivity index (χ2v) is 5.66. The summed E-state index contributed by atoms with van der Waals surface area (Å²) in [5, 5.41) is 3.47. The Bertz CT molecular complexity index is 512. The number of rotatable bonds is 3. The fourth-order valence-electron chi connectivity index (χ4n) is 2.94. The number of fused-ring (bicyclic) bond motifs is 1. The van der Waals surface area contributed by atoms with Gasteiger partial charge < -0.3 is 19.7 Å². The molecule has 0 aromatic heterocycles. The largest absolute Gasteiger partial charge is 0.486 e. The highest BCUT2D eigenvalue weighted by molar-refractivity contribution is 5.97. The van der Waals surface area contributed by atoms with Gasteiger partial charge in [-0.2, -0.15) is 0 Å². The van der Waals surface area contributed by atoms with Crippen LogP contribution in [0.25, 0.3) is 0 Å². The molecule has 2 aliphatic rings. The molecule has 1 aromatic carbocycles. The Hall–Kier alpha value is -1.75. The van der Waals surface area contributed by atoms with E-state index < -0.39 is 0 Å². The summed E-state index contributed by atoms with van der Waals surface area (Å²) in [5.74, 6) is 1.23. The van der Waals surface area contributed by atoms with Gasteiger partial charge in [-0.1, -0.05) is 12.5 Å². The third-order valence-corrected chi connectivity index (χ3v) is 4.05. The zero-order valence-corrected chi connectivity index (χ0v) is 12.4. The van der Waals surface area contributed by atoms with Gasteiger partial charge in [0.05, 0.1) is 5.56 Å². The summed E-state index contributed by atoms with van der Waals surface area (Å²) in [4.78, 5) is 14.4. The zero-order chi connectivity index (χ0) is 14.7. The molecule has 0 spiro atoms. The molecule has 5 heteroatoms. The minimum absolute atomic E-state index is 0.00952. The van der Waals surface area contributed by atoms with E-state index in [1.54, 1.807) is 11.0 Å². The molecule has 114 valence electrons. The maximum absolute atomic E-state index is 12.7. The van der Waals surface area contributed by atoms with Crippen molar-refractivity contribution in [2.45, 2.75) is 25.3 Å². The number of para-hydroxylation sites is 1. The zero-order valence-electron chi connectivity index (χ0n) is 12.4. The second kappa shape index (κ2) is 6.35. The predicted octanol–water partition coefficient (Wildman–Crippen LogP) is 1.67. The van der Waals surface area contributed by atoms with Crippen molar-refractivity contribution in [2.24, 2.45) is 0 Å². The van der Waals surface area contributed by atoms with Gasteiger partial charge in [0.2, 0.25) is 0 Å². The molecule has 3 rings (SSSR count). The molecule has 0 unspecified atom stereocenters. The van der Waals surface area contributed by atoms with Crippen molar-refractivity contribution >= 4 is 5.91 Å². The molecule has 1 N–H and O–H groups in total. The SMILES string of the molecule is CN(C[C@H]1CCCCN1)C(=O)c1cccc2c1OCCO2. The fourth-order valence-corrected chi connectivity index (χ4v) is 2.94. The molecular formula is C16H22N2O3. The normalized spacial score (nSPS) is 20.9. The number of carbonyl (C=O) groups is 1. The lowest BCUT2D eigenvalue weighted by molar-refractivity contribution is 0.0765. The minimum atomic E-state index is -0.00952. The first-order valence-electron chi connectivity index (χ1n) is 7.63. The molecule has 1 aromatic rings. The number of benzene rings is 1. The first kappa shape index (κ1) is 14.2. The smallest absolute Gasteiger partial charge is 0.257 e. The number of nitrogens with one attached hydrogen (secondary N) is 1. The highest BCUT2D eigenvalue weighted by Gasteiger charge is 2.24. The van der Waals surface area contributed by atoms with Crippen LogP contribution in [0.5, 0.6) is 11.5 Å². The Kier molecular flexibility index (Phi) is 4.29. The monoisotopic (exact) mass is 290 g/mol. The topological polar surface area (TPSA) is 50.8 Å². The summed E-state index contributed by atoms with van der Waals surface area (Å²) in [6, 6.07) is 5.88. The van der Waals surface area contributed by atoms with E-state index in [2.05, 4.69) is 5.32 Å². The molecule has 1 atom stereocenters. The van der Waals surface area contributed by atoms with Crippen molar-refractivity contribution in [1.29, 1.82) is 0 Å². The summed E-state index contributed by atoms with van der Waals surface area (Å²) < 4.78 is 11.2. The number of likely N-dealkylation sites (N-methyl/N-ethyl adjacent to an activating group) is 1. The van der Waals surface area contributed by atoms with Gasteiger partial charge in [0.25, 0.3) is 5.91 Å². The molecule has 2 heterocycles. The highest BCUT2D eigenvalue weighted by Crippen LogP contribution is 2.34. The molecule has 2 aliphatic heterocycles.